The minimum atomic E-state index is -4.33. The molecule has 1 rings (SSSR count). The van der Waals surface area contributed by atoms with E-state index in [1.165, 1.54) is 19.2 Å². The van der Waals surface area contributed by atoms with Gasteiger partial charge in [-0.1, -0.05) is 13.8 Å². The van der Waals surface area contributed by atoms with Gasteiger partial charge >= 0.3 is 6.18 Å². The van der Waals surface area contributed by atoms with Crippen molar-refractivity contribution in [3.63, 3.8) is 0 Å². The van der Waals surface area contributed by atoms with E-state index in [0.29, 0.717) is 18.2 Å². The zero-order valence-corrected chi connectivity index (χ0v) is 10.8. The Morgan fingerprint density at radius 1 is 1.28 bits per heavy atom. The quantitative estimate of drug-likeness (QED) is 0.876. The van der Waals surface area contributed by atoms with Gasteiger partial charge in [0.2, 0.25) is 0 Å². The van der Waals surface area contributed by atoms with Gasteiger partial charge in [-0.3, -0.25) is 0 Å². The van der Waals surface area contributed by atoms with Gasteiger partial charge in [-0.05, 0) is 36.2 Å². The molecule has 0 bridgehead atoms. The predicted molar refractivity (Wildman–Crippen MR) is 64.5 cm³/mol. The lowest BCUT2D eigenvalue weighted by Crippen LogP contribution is -2.21. The molecular formula is C13H18F3NO. The van der Waals surface area contributed by atoms with Crippen LogP contribution in [0.2, 0.25) is 0 Å². The number of methoxy groups -OCH3 is 1. The van der Waals surface area contributed by atoms with Crippen LogP contribution in [0.4, 0.5) is 13.2 Å². The summed E-state index contributed by atoms with van der Waals surface area (Å²) in [4.78, 5) is 0. The second-order valence-corrected chi connectivity index (χ2v) is 4.55. The maximum Gasteiger partial charge on any atom is 0.416 e. The largest absolute Gasteiger partial charge is 0.497 e. The topological polar surface area (TPSA) is 21.3 Å². The van der Waals surface area contributed by atoms with Crippen LogP contribution < -0.4 is 10.1 Å². The first-order chi connectivity index (χ1) is 8.34. The lowest BCUT2D eigenvalue weighted by atomic mass is 10.1. The lowest BCUT2D eigenvalue weighted by molar-refractivity contribution is -0.138. The number of nitrogens with one attached hydrogen (secondary N) is 1. The first-order valence-corrected chi connectivity index (χ1v) is 5.79. The molecule has 1 aromatic rings. The Bertz CT molecular complexity index is 388. The third-order valence-corrected chi connectivity index (χ3v) is 2.49. The molecule has 0 aliphatic carbocycles. The summed E-state index contributed by atoms with van der Waals surface area (Å²) in [5.41, 5.74) is -0.401. The molecule has 1 N–H and O–H groups in total. The second-order valence-electron chi connectivity index (χ2n) is 4.55. The summed E-state index contributed by atoms with van der Waals surface area (Å²) in [6.45, 7) is 4.87. The molecule has 0 atom stereocenters. The fourth-order valence-corrected chi connectivity index (χ4v) is 1.62. The normalized spacial score (nSPS) is 11.9. The number of hydrogen-bond acceptors (Lipinski definition) is 2. The van der Waals surface area contributed by atoms with Gasteiger partial charge in [0.05, 0.1) is 12.7 Å². The molecule has 0 aliphatic heterocycles. The Morgan fingerprint density at radius 2 is 1.94 bits per heavy atom. The third kappa shape index (κ3) is 4.22. The number of alkyl halides is 3. The summed E-state index contributed by atoms with van der Waals surface area (Å²) < 4.78 is 43.4. The van der Waals surface area contributed by atoms with E-state index < -0.39 is 11.7 Å². The van der Waals surface area contributed by atoms with Crippen LogP contribution in [-0.2, 0) is 12.7 Å². The lowest BCUT2D eigenvalue weighted by Gasteiger charge is -2.15. The van der Waals surface area contributed by atoms with Crippen LogP contribution in [0.25, 0.3) is 0 Å². The van der Waals surface area contributed by atoms with Gasteiger partial charge in [0, 0.05) is 6.54 Å². The van der Waals surface area contributed by atoms with Gasteiger partial charge in [0.15, 0.2) is 0 Å². The minimum Gasteiger partial charge on any atom is -0.497 e. The molecule has 0 fully saturated rings. The molecule has 0 saturated carbocycles. The molecule has 18 heavy (non-hydrogen) atoms. The fourth-order valence-electron chi connectivity index (χ4n) is 1.62. The Morgan fingerprint density at radius 3 is 2.44 bits per heavy atom. The highest BCUT2D eigenvalue weighted by atomic mass is 19.4. The van der Waals surface area contributed by atoms with Gasteiger partial charge in [0.1, 0.15) is 5.75 Å². The minimum absolute atomic E-state index is 0.185. The van der Waals surface area contributed by atoms with Gasteiger partial charge in [-0.2, -0.15) is 13.2 Å². The first kappa shape index (κ1) is 14.8. The van der Waals surface area contributed by atoms with Gasteiger partial charge in [0.25, 0.3) is 0 Å². The van der Waals surface area contributed by atoms with Crippen LogP contribution >= 0.6 is 0 Å². The second kappa shape index (κ2) is 6.09. The molecular weight excluding hydrogens is 243 g/mol. The zero-order valence-electron chi connectivity index (χ0n) is 10.8. The van der Waals surface area contributed by atoms with E-state index in [2.05, 4.69) is 5.32 Å². The number of benzene rings is 1. The van der Waals surface area contributed by atoms with E-state index in [9.17, 15) is 13.2 Å². The van der Waals surface area contributed by atoms with Crippen molar-refractivity contribution >= 4 is 0 Å². The molecule has 0 amide bonds. The first-order valence-electron chi connectivity index (χ1n) is 5.79. The summed E-state index contributed by atoms with van der Waals surface area (Å²) in [6, 6.07) is 3.82. The van der Waals surface area contributed by atoms with Gasteiger partial charge < -0.3 is 10.1 Å². The van der Waals surface area contributed by atoms with Crippen LogP contribution in [-0.4, -0.2) is 13.7 Å². The fraction of sp³-hybridized carbons (Fsp3) is 0.538. The SMILES string of the molecule is COc1ccc(C(F)(F)F)c(CNCC(C)C)c1. The number of rotatable bonds is 5. The smallest absolute Gasteiger partial charge is 0.416 e. The standard InChI is InChI=1S/C13H18F3NO/c1-9(2)7-17-8-10-6-11(18-3)4-5-12(10)13(14,15)16/h4-6,9,17H,7-8H2,1-3H3. The number of halogens is 3. The van der Waals surface area contributed by atoms with Crippen molar-refractivity contribution < 1.29 is 17.9 Å². The van der Waals surface area contributed by atoms with E-state index in [-0.39, 0.29) is 12.1 Å². The molecule has 1 aromatic carbocycles. The molecule has 102 valence electrons. The number of hydrogen-bond donors (Lipinski definition) is 1. The highest BCUT2D eigenvalue weighted by Crippen LogP contribution is 2.33. The van der Waals surface area contributed by atoms with Crippen molar-refractivity contribution in [3.05, 3.63) is 29.3 Å². The summed E-state index contributed by atoms with van der Waals surface area (Å²) in [6.07, 6.45) is -4.33. The maximum atomic E-state index is 12.8. The molecule has 0 heterocycles. The molecule has 0 aromatic heterocycles. The average Bonchev–Trinajstić information content (AvgIpc) is 2.27. The molecule has 0 radical (unpaired) electrons. The Kier molecular flexibility index (Phi) is 5.02. The van der Waals surface area contributed by atoms with Crippen LogP contribution in [0.1, 0.15) is 25.0 Å². The van der Waals surface area contributed by atoms with Crippen molar-refractivity contribution in [2.45, 2.75) is 26.6 Å². The third-order valence-electron chi connectivity index (χ3n) is 2.49. The summed E-state index contributed by atoms with van der Waals surface area (Å²) in [7, 11) is 1.44. The van der Waals surface area contributed by atoms with Crippen molar-refractivity contribution in [1.82, 2.24) is 5.32 Å². The Labute approximate surface area is 105 Å². The summed E-state index contributed by atoms with van der Waals surface area (Å²) >= 11 is 0. The molecule has 2 nitrogen and oxygen atoms in total. The van der Waals surface area contributed by atoms with Gasteiger partial charge in [-0.15, -0.1) is 0 Å². The van der Waals surface area contributed by atoms with E-state index in [1.54, 1.807) is 0 Å². The monoisotopic (exact) mass is 261 g/mol. The van der Waals surface area contributed by atoms with E-state index in [0.717, 1.165) is 6.07 Å². The zero-order chi connectivity index (χ0) is 13.8. The molecule has 0 aliphatic rings. The van der Waals surface area contributed by atoms with E-state index in [4.69, 9.17) is 4.74 Å². The summed E-state index contributed by atoms with van der Waals surface area (Å²) in [5.74, 6) is 0.828. The highest BCUT2D eigenvalue weighted by molar-refractivity contribution is 5.37. The Hall–Kier alpha value is -1.23. The van der Waals surface area contributed by atoms with Crippen molar-refractivity contribution in [3.8, 4) is 5.75 Å². The van der Waals surface area contributed by atoms with E-state index in [1.807, 2.05) is 13.8 Å². The van der Waals surface area contributed by atoms with Crippen LogP contribution in [0.3, 0.4) is 0 Å². The highest BCUT2D eigenvalue weighted by Gasteiger charge is 2.33. The molecule has 0 spiro atoms. The van der Waals surface area contributed by atoms with Crippen molar-refractivity contribution in [1.29, 1.82) is 0 Å². The van der Waals surface area contributed by atoms with E-state index >= 15 is 0 Å². The average molecular weight is 261 g/mol. The predicted octanol–water partition coefficient (Wildman–Crippen LogP) is 3.46. The van der Waals surface area contributed by atoms with Crippen LogP contribution in [0, 0.1) is 5.92 Å². The molecule has 5 heteroatoms. The summed E-state index contributed by atoms with van der Waals surface area (Å²) in [5, 5.41) is 3.01. The Balaban J connectivity index is 2.90. The van der Waals surface area contributed by atoms with Crippen molar-refractivity contribution in [2.75, 3.05) is 13.7 Å². The molecule has 0 saturated heterocycles. The molecule has 0 unspecified atom stereocenters. The van der Waals surface area contributed by atoms with Crippen molar-refractivity contribution in [2.24, 2.45) is 5.92 Å². The van der Waals surface area contributed by atoms with Gasteiger partial charge in [-0.25, -0.2) is 0 Å². The van der Waals surface area contributed by atoms with Crippen LogP contribution in [0.15, 0.2) is 18.2 Å². The number of ether oxygens (including phenoxy) is 1. The maximum absolute atomic E-state index is 12.8. The van der Waals surface area contributed by atoms with Crippen LogP contribution in [0.5, 0.6) is 5.75 Å².